The third-order valence-electron chi connectivity index (χ3n) is 4.81. The summed E-state index contributed by atoms with van der Waals surface area (Å²) >= 11 is 6.43. The fourth-order valence-electron chi connectivity index (χ4n) is 3.28. The number of hydrogen-bond donors (Lipinski definition) is 1. The number of oxime groups is 1. The van der Waals surface area contributed by atoms with Crippen molar-refractivity contribution in [1.82, 2.24) is 9.97 Å². The molecule has 1 heterocycles. The molecule has 0 amide bonds. The summed E-state index contributed by atoms with van der Waals surface area (Å²) in [5.74, 6) is 6.55. The van der Waals surface area contributed by atoms with Gasteiger partial charge in [-0.25, -0.2) is 14.4 Å². The number of nitrogens with zero attached hydrogens (tertiary/aromatic N) is 3. The largest absolute Gasteiger partial charge is 0.487 e. The molecule has 0 aliphatic rings. The van der Waals surface area contributed by atoms with Gasteiger partial charge in [0, 0.05) is 16.6 Å². The fraction of sp³-hybridized carbons (Fsp3) is 0.115. The molecule has 0 fully saturated rings. The van der Waals surface area contributed by atoms with Crippen LogP contribution in [0.1, 0.15) is 18.1 Å². The van der Waals surface area contributed by atoms with Gasteiger partial charge in [-0.1, -0.05) is 34.8 Å². The summed E-state index contributed by atoms with van der Waals surface area (Å²) in [6.07, 6.45) is 1.48. The topological polar surface area (TPSA) is 68.6 Å². The average molecular weight is 475 g/mol. The zero-order valence-electron chi connectivity index (χ0n) is 18.5. The van der Waals surface area contributed by atoms with E-state index in [1.54, 1.807) is 31.2 Å². The lowest BCUT2D eigenvalue weighted by Crippen LogP contribution is -2.01. The molecular formula is C26H20ClFN4O2. The van der Waals surface area contributed by atoms with Gasteiger partial charge in [0.05, 0.1) is 10.5 Å². The maximum atomic E-state index is 13.4. The Morgan fingerprint density at radius 3 is 2.76 bits per heavy atom. The Hall–Kier alpha value is -4.15. The minimum absolute atomic E-state index is 0.204. The first kappa shape index (κ1) is 23.0. The predicted octanol–water partition coefficient (Wildman–Crippen LogP) is 6.12. The zero-order chi connectivity index (χ0) is 23.9. The third kappa shape index (κ3) is 5.42. The van der Waals surface area contributed by atoms with E-state index in [0.717, 1.165) is 16.5 Å². The highest BCUT2D eigenvalue weighted by Crippen LogP contribution is 2.31. The number of rotatable bonds is 7. The van der Waals surface area contributed by atoms with Crippen molar-refractivity contribution in [3.63, 3.8) is 0 Å². The molecule has 6 nitrogen and oxygen atoms in total. The van der Waals surface area contributed by atoms with Crippen molar-refractivity contribution in [2.24, 2.45) is 5.16 Å². The fourth-order valence-corrected chi connectivity index (χ4v) is 3.52. The minimum Gasteiger partial charge on any atom is -0.487 e. The summed E-state index contributed by atoms with van der Waals surface area (Å²) in [5.41, 5.74) is 3.46. The monoisotopic (exact) mass is 474 g/mol. The van der Waals surface area contributed by atoms with Crippen molar-refractivity contribution in [3.8, 4) is 17.6 Å². The molecular weight excluding hydrogens is 455 g/mol. The second-order valence-corrected chi connectivity index (χ2v) is 7.55. The zero-order valence-corrected chi connectivity index (χ0v) is 19.2. The van der Waals surface area contributed by atoms with Gasteiger partial charge in [0.15, 0.2) is 5.71 Å². The quantitative estimate of drug-likeness (QED) is 0.198. The van der Waals surface area contributed by atoms with E-state index in [2.05, 4.69) is 32.3 Å². The summed E-state index contributed by atoms with van der Waals surface area (Å²) in [4.78, 5) is 13.6. The smallest absolute Gasteiger partial charge is 0.159 e. The van der Waals surface area contributed by atoms with Crippen molar-refractivity contribution >= 4 is 39.7 Å². The lowest BCUT2D eigenvalue weighted by atomic mass is 10.1. The van der Waals surface area contributed by atoms with Gasteiger partial charge in [0.2, 0.25) is 0 Å². The number of nitrogens with one attached hydrogen (secondary N) is 1. The summed E-state index contributed by atoms with van der Waals surface area (Å²) in [5, 5.41) is 8.47. The number of halogens is 2. The molecule has 1 N–H and O–H groups in total. The molecule has 4 aromatic rings. The summed E-state index contributed by atoms with van der Waals surface area (Å²) < 4.78 is 19.1. The molecule has 0 unspecified atom stereocenters. The number of ether oxygens (including phenoxy) is 1. The molecule has 0 atom stereocenters. The number of aromatic nitrogens is 2. The van der Waals surface area contributed by atoms with Crippen LogP contribution in [0.25, 0.3) is 10.9 Å². The van der Waals surface area contributed by atoms with Crippen molar-refractivity contribution in [3.05, 3.63) is 89.0 Å². The second kappa shape index (κ2) is 10.6. The molecule has 0 saturated carbocycles. The Bertz CT molecular complexity index is 1430. The van der Waals surface area contributed by atoms with Crippen LogP contribution in [-0.4, -0.2) is 22.8 Å². The van der Waals surface area contributed by atoms with E-state index in [4.69, 9.17) is 21.2 Å². The van der Waals surface area contributed by atoms with Crippen LogP contribution in [0.4, 0.5) is 15.9 Å². The van der Waals surface area contributed by atoms with Crippen LogP contribution in [-0.2, 0) is 11.4 Å². The van der Waals surface area contributed by atoms with E-state index in [-0.39, 0.29) is 12.4 Å². The standard InChI is InChI=1S/C26H20ClFN4O2/c1-3-5-23(32-33-2)18-8-10-24-21(13-18)26(30-16-29-24)31-20-9-11-25(22(27)14-20)34-15-17-6-4-7-19(28)12-17/h4,6-14,16H,15H2,1-2H3,(H,29,30,31)/b32-23-. The molecule has 0 aliphatic carbocycles. The highest BCUT2D eigenvalue weighted by molar-refractivity contribution is 6.32. The van der Waals surface area contributed by atoms with Crippen LogP contribution in [0.3, 0.4) is 0 Å². The molecule has 34 heavy (non-hydrogen) atoms. The number of fused-ring (bicyclic) bond motifs is 1. The van der Waals surface area contributed by atoms with E-state index in [9.17, 15) is 4.39 Å². The molecule has 4 rings (SSSR count). The predicted molar refractivity (Wildman–Crippen MR) is 132 cm³/mol. The first-order valence-corrected chi connectivity index (χ1v) is 10.7. The molecule has 0 saturated heterocycles. The molecule has 0 bridgehead atoms. The Labute approximate surface area is 201 Å². The Kier molecular flexibility index (Phi) is 7.21. The SMILES string of the molecule is CC#C/C(=N/OC)c1ccc2ncnc(Nc3ccc(OCc4cccc(F)c4)c(Cl)c3)c2c1. The van der Waals surface area contributed by atoms with Gasteiger partial charge in [0.25, 0.3) is 0 Å². The third-order valence-corrected chi connectivity index (χ3v) is 5.11. The van der Waals surface area contributed by atoms with E-state index in [1.807, 2.05) is 24.3 Å². The molecule has 3 aromatic carbocycles. The van der Waals surface area contributed by atoms with Gasteiger partial charge < -0.3 is 14.9 Å². The van der Waals surface area contributed by atoms with Gasteiger partial charge in [-0.3, -0.25) is 0 Å². The number of benzene rings is 3. The van der Waals surface area contributed by atoms with Crippen molar-refractivity contribution in [1.29, 1.82) is 0 Å². The lowest BCUT2D eigenvalue weighted by molar-refractivity contribution is 0.214. The van der Waals surface area contributed by atoms with Crippen LogP contribution in [0.5, 0.6) is 5.75 Å². The lowest BCUT2D eigenvalue weighted by Gasteiger charge is -2.12. The van der Waals surface area contributed by atoms with Crippen molar-refractivity contribution in [2.75, 3.05) is 12.4 Å². The number of anilines is 2. The Balaban J connectivity index is 1.58. The van der Waals surface area contributed by atoms with Crippen LogP contribution in [0.2, 0.25) is 5.02 Å². The first-order chi connectivity index (χ1) is 16.6. The normalized spacial score (nSPS) is 11.0. The van der Waals surface area contributed by atoms with Crippen molar-refractivity contribution in [2.45, 2.75) is 13.5 Å². The summed E-state index contributed by atoms with van der Waals surface area (Å²) in [6.45, 7) is 1.94. The Morgan fingerprint density at radius 2 is 2.00 bits per heavy atom. The van der Waals surface area contributed by atoms with Gasteiger partial charge in [-0.05, 0) is 66.9 Å². The van der Waals surface area contributed by atoms with Gasteiger partial charge in [-0.2, -0.15) is 0 Å². The van der Waals surface area contributed by atoms with Gasteiger partial charge >= 0.3 is 0 Å². The molecule has 8 heteroatoms. The maximum Gasteiger partial charge on any atom is 0.159 e. The molecule has 0 aliphatic heterocycles. The first-order valence-electron chi connectivity index (χ1n) is 10.3. The van der Waals surface area contributed by atoms with E-state index in [1.165, 1.54) is 25.6 Å². The van der Waals surface area contributed by atoms with E-state index in [0.29, 0.717) is 33.6 Å². The van der Waals surface area contributed by atoms with Crippen LogP contribution < -0.4 is 10.1 Å². The van der Waals surface area contributed by atoms with Gasteiger partial charge in [0.1, 0.15) is 37.4 Å². The molecule has 0 spiro atoms. The second-order valence-electron chi connectivity index (χ2n) is 7.14. The summed E-state index contributed by atoms with van der Waals surface area (Å²) in [7, 11) is 1.48. The molecule has 0 radical (unpaired) electrons. The van der Waals surface area contributed by atoms with Crippen LogP contribution in [0.15, 0.2) is 72.1 Å². The van der Waals surface area contributed by atoms with Crippen LogP contribution >= 0.6 is 11.6 Å². The number of hydrogen-bond acceptors (Lipinski definition) is 6. The highest BCUT2D eigenvalue weighted by Gasteiger charge is 2.10. The van der Waals surface area contributed by atoms with E-state index >= 15 is 0 Å². The Morgan fingerprint density at radius 1 is 1.12 bits per heavy atom. The van der Waals surface area contributed by atoms with Crippen molar-refractivity contribution < 1.29 is 14.0 Å². The minimum atomic E-state index is -0.311. The summed E-state index contributed by atoms with van der Waals surface area (Å²) in [6, 6.07) is 17.2. The molecule has 170 valence electrons. The highest BCUT2D eigenvalue weighted by atomic mass is 35.5. The molecule has 1 aromatic heterocycles. The van der Waals surface area contributed by atoms with Crippen LogP contribution in [0, 0.1) is 17.7 Å². The maximum absolute atomic E-state index is 13.4. The average Bonchev–Trinajstić information content (AvgIpc) is 2.83. The van der Waals surface area contributed by atoms with E-state index < -0.39 is 0 Å². The van der Waals surface area contributed by atoms with Gasteiger partial charge in [-0.15, -0.1) is 0 Å².